The van der Waals surface area contributed by atoms with Crippen molar-refractivity contribution >= 4 is 79.3 Å². The second-order valence-electron chi connectivity index (χ2n) is 0.247. The number of halogens is 3. The molecule has 2 nitrogen and oxygen atoms in total. The van der Waals surface area contributed by atoms with E-state index < -0.39 is 11.4 Å². The SMILES string of the molecule is [Ca+2].[Cl][Al]([Cl])[Cl].[OH-].[OH-]. The molecule has 0 aliphatic rings. The number of hydrogen-bond donors (Lipinski definition) is 0. The van der Waals surface area contributed by atoms with E-state index in [2.05, 4.69) is 0 Å². The Morgan fingerprint density at radius 1 is 0.857 bits per heavy atom. The van der Waals surface area contributed by atoms with Crippen molar-refractivity contribution in [1.82, 2.24) is 0 Å². The number of rotatable bonds is 0. The monoisotopic (exact) mass is 206 g/mol. The molecule has 40 valence electrons. The first-order valence-corrected chi connectivity index (χ1v) is 5.89. The summed E-state index contributed by atoms with van der Waals surface area (Å²) in [5, 5.41) is 0. The Morgan fingerprint density at radius 2 is 0.857 bits per heavy atom. The zero-order valence-corrected chi connectivity index (χ0v) is 8.94. The summed E-state index contributed by atoms with van der Waals surface area (Å²) in [6.07, 6.45) is 0. The molecule has 0 unspecified atom stereocenters. The molecule has 0 fully saturated rings. The fourth-order valence-corrected chi connectivity index (χ4v) is 0. The maximum absolute atomic E-state index is 4.94. The zero-order valence-electron chi connectivity index (χ0n) is 3.31. The van der Waals surface area contributed by atoms with E-state index in [4.69, 9.17) is 30.1 Å². The molecular weight excluding hydrogens is 205 g/mol. The Hall–Kier alpha value is 2.58. The molecule has 0 saturated carbocycles. The van der Waals surface area contributed by atoms with Crippen molar-refractivity contribution in [1.29, 1.82) is 0 Å². The van der Waals surface area contributed by atoms with Crippen LogP contribution in [0.1, 0.15) is 0 Å². The van der Waals surface area contributed by atoms with Gasteiger partial charge in [0.2, 0.25) is 0 Å². The van der Waals surface area contributed by atoms with Crippen LogP contribution < -0.4 is 0 Å². The summed E-state index contributed by atoms with van der Waals surface area (Å²) in [6.45, 7) is 0. The molecule has 0 aliphatic carbocycles. The molecule has 0 rings (SSSR count). The Morgan fingerprint density at radius 3 is 0.857 bits per heavy atom. The Labute approximate surface area is 88.7 Å². The van der Waals surface area contributed by atoms with E-state index in [1.807, 2.05) is 0 Å². The topological polar surface area (TPSA) is 60.0 Å². The zero-order chi connectivity index (χ0) is 3.58. The molecule has 0 bridgehead atoms. The van der Waals surface area contributed by atoms with Gasteiger partial charge in [-0.05, 0) is 0 Å². The Kier molecular flexibility index (Phi) is 51.2. The van der Waals surface area contributed by atoms with Gasteiger partial charge < -0.3 is 11.0 Å². The quantitative estimate of drug-likeness (QED) is 0.555. The van der Waals surface area contributed by atoms with Gasteiger partial charge in [-0.15, -0.1) is 0 Å². The van der Waals surface area contributed by atoms with E-state index >= 15 is 0 Å². The standard InChI is InChI=1S/Al.Ca.3ClH.2H2O/h;;3*1H;2*1H2/q+3;+2;;;;;/p-5. The van der Waals surface area contributed by atoms with Gasteiger partial charge in [0.15, 0.2) is 0 Å². The van der Waals surface area contributed by atoms with Crippen molar-refractivity contribution in [2.75, 3.05) is 0 Å². The largest absolute Gasteiger partial charge is 2.00 e. The molecule has 0 amide bonds. The van der Waals surface area contributed by atoms with Crippen LogP contribution in [0, 0.1) is 0 Å². The molecule has 2 N–H and O–H groups in total. The third-order valence-corrected chi connectivity index (χ3v) is 0. The summed E-state index contributed by atoms with van der Waals surface area (Å²) in [7, 11) is 14.8. The summed E-state index contributed by atoms with van der Waals surface area (Å²) in [6, 6.07) is 0. The molecular formula is H2AlCaCl3O2. The van der Waals surface area contributed by atoms with Gasteiger partial charge in [0.1, 0.15) is 0 Å². The normalized spacial score (nSPS) is 3.86. The van der Waals surface area contributed by atoms with Crippen molar-refractivity contribution in [3.05, 3.63) is 0 Å². The molecule has 0 aliphatic heterocycles. The minimum absolute atomic E-state index is 0. The molecule has 0 saturated heterocycles. The summed E-state index contributed by atoms with van der Waals surface area (Å²) in [5.41, 5.74) is 0. The second kappa shape index (κ2) is 15.8. The van der Waals surface area contributed by atoms with Crippen LogP contribution in [0.25, 0.3) is 0 Å². The van der Waals surface area contributed by atoms with Gasteiger partial charge in [0.25, 0.3) is 0 Å². The van der Waals surface area contributed by atoms with Gasteiger partial charge in [-0.25, -0.2) is 30.1 Å². The van der Waals surface area contributed by atoms with Gasteiger partial charge in [0.05, 0.1) is 0 Å². The van der Waals surface area contributed by atoms with Crippen LogP contribution in [-0.2, 0) is 0 Å². The van der Waals surface area contributed by atoms with Gasteiger partial charge in [-0.3, -0.25) is 0 Å². The van der Waals surface area contributed by atoms with Crippen molar-refractivity contribution in [2.24, 2.45) is 0 Å². The van der Waals surface area contributed by atoms with Crippen LogP contribution in [0.15, 0.2) is 0 Å². The van der Waals surface area contributed by atoms with Gasteiger partial charge in [-0.1, -0.05) is 0 Å². The van der Waals surface area contributed by atoms with Gasteiger partial charge in [-0.2, -0.15) is 0 Å². The van der Waals surface area contributed by atoms with Crippen molar-refractivity contribution in [2.45, 2.75) is 0 Å². The summed E-state index contributed by atoms with van der Waals surface area (Å²) >= 11 is -1.72. The minimum Gasteiger partial charge on any atom is -0.870 e. The summed E-state index contributed by atoms with van der Waals surface area (Å²) in [5.74, 6) is 0. The summed E-state index contributed by atoms with van der Waals surface area (Å²) in [4.78, 5) is 0. The number of hydrogen-bond acceptors (Lipinski definition) is 2. The molecule has 0 heterocycles. The molecule has 0 atom stereocenters. The fraction of sp³-hybridized carbons (Fsp3) is 0. The molecule has 0 radical (unpaired) electrons. The second-order valence-corrected chi connectivity index (χ2v) is 6.68. The first-order chi connectivity index (χ1) is 1.73. The molecule has 0 aromatic carbocycles. The van der Waals surface area contributed by atoms with Crippen LogP contribution in [0.4, 0.5) is 0 Å². The average molecular weight is 207 g/mol. The Bertz CT molecular complexity index is 17.7. The van der Waals surface area contributed by atoms with Crippen molar-refractivity contribution < 1.29 is 11.0 Å². The third kappa shape index (κ3) is 55.8. The van der Waals surface area contributed by atoms with E-state index in [9.17, 15) is 0 Å². The predicted octanol–water partition coefficient (Wildman–Crippen LogP) is 0.953. The maximum Gasteiger partial charge on any atom is 2.00 e. The van der Waals surface area contributed by atoms with E-state index in [1.54, 1.807) is 0 Å². The van der Waals surface area contributed by atoms with E-state index in [0.717, 1.165) is 0 Å². The molecule has 7 heteroatoms. The Balaban J connectivity index is -0.0000000150. The average Bonchev–Trinajstić information content (AvgIpc) is 0.811. The fourth-order valence-electron chi connectivity index (χ4n) is 0. The van der Waals surface area contributed by atoms with Crippen LogP contribution in [0.5, 0.6) is 0 Å². The molecule has 7 heavy (non-hydrogen) atoms. The molecule has 0 aromatic heterocycles. The molecule has 0 spiro atoms. The maximum atomic E-state index is 4.94. The van der Waals surface area contributed by atoms with E-state index in [0.29, 0.717) is 0 Å². The van der Waals surface area contributed by atoms with Crippen LogP contribution in [0.3, 0.4) is 0 Å². The van der Waals surface area contributed by atoms with Crippen LogP contribution in [0.2, 0.25) is 0 Å². The van der Waals surface area contributed by atoms with E-state index in [-0.39, 0.29) is 48.7 Å². The molecule has 0 aromatic rings. The first kappa shape index (κ1) is 22.6. The van der Waals surface area contributed by atoms with Gasteiger partial charge >= 0.3 is 49.1 Å². The van der Waals surface area contributed by atoms with E-state index in [1.165, 1.54) is 0 Å². The van der Waals surface area contributed by atoms with Gasteiger partial charge in [0, 0.05) is 0 Å². The summed E-state index contributed by atoms with van der Waals surface area (Å²) < 4.78 is 0. The van der Waals surface area contributed by atoms with Crippen LogP contribution >= 0.6 is 30.1 Å². The van der Waals surface area contributed by atoms with Crippen molar-refractivity contribution in [3.8, 4) is 0 Å². The minimum atomic E-state index is -1.72. The smallest absolute Gasteiger partial charge is 0.870 e. The first-order valence-electron chi connectivity index (χ1n) is 0.655. The third-order valence-electron chi connectivity index (χ3n) is 0. The predicted molar refractivity (Wildman–Crippen MR) is 32.9 cm³/mol. The van der Waals surface area contributed by atoms with Crippen molar-refractivity contribution in [3.63, 3.8) is 0 Å². The van der Waals surface area contributed by atoms with Crippen LogP contribution in [-0.4, -0.2) is 60.1 Å².